The smallest absolute Gasteiger partial charge is 0.144 e. The van der Waals surface area contributed by atoms with Crippen LogP contribution in [-0.2, 0) is 4.84 Å². The van der Waals surface area contributed by atoms with Gasteiger partial charge in [0.2, 0.25) is 0 Å². The number of rotatable bonds is 7. The van der Waals surface area contributed by atoms with E-state index in [0.29, 0.717) is 13.2 Å². The molecule has 25 heavy (non-hydrogen) atoms. The third-order valence-electron chi connectivity index (χ3n) is 4.24. The summed E-state index contributed by atoms with van der Waals surface area (Å²) in [6.45, 7) is 4.36. The van der Waals surface area contributed by atoms with Crippen molar-refractivity contribution in [2.24, 2.45) is 5.16 Å². The van der Waals surface area contributed by atoms with E-state index in [9.17, 15) is 5.11 Å². The standard InChI is InChI=1S/C20H26N2O3/c1-2-11-21-13-16(23)14-25-22-18-8-5-12-24-19-10-9-15-6-3-4-7-17(15)20(18)19/h3-4,6-7,9-10,16,21,23H,2,5,8,11-14H2,1H3/b22-18+. The number of fused-ring (bicyclic) bond motifs is 3. The molecule has 1 aliphatic rings. The fourth-order valence-electron chi connectivity index (χ4n) is 3.01. The van der Waals surface area contributed by atoms with Crippen molar-refractivity contribution in [3.8, 4) is 5.75 Å². The van der Waals surface area contributed by atoms with Gasteiger partial charge in [0, 0.05) is 12.1 Å². The lowest BCUT2D eigenvalue weighted by molar-refractivity contribution is 0.0403. The molecule has 0 saturated heterocycles. The van der Waals surface area contributed by atoms with E-state index in [-0.39, 0.29) is 6.61 Å². The number of benzene rings is 2. The predicted octanol–water partition coefficient (Wildman–Crippen LogP) is 3.09. The molecule has 0 aliphatic carbocycles. The van der Waals surface area contributed by atoms with Crippen LogP contribution in [0.2, 0.25) is 0 Å². The van der Waals surface area contributed by atoms with Crippen molar-refractivity contribution in [1.29, 1.82) is 0 Å². The fraction of sp³-hybridized carbons (Fsp3) is 0.450. The topological polar surface area (TPSA) is 63.1 Å². The Kier molecular flexibility index (Phi) is 6.25. The van der Waals surface area contributed by atoms with Gasteiger partial charge >= 0.3 is 0 Å². The molecule has 0 radical (unpaired) electrons. The van der Waals surface area contributed by atoms with Crippen LogP contribution in [0.15, 0.2) is 41.6 Å². The molecule has 5 nitrogen and oxygen atoms in total. The van der Waals surface area contributed by atoms with Gasteiger partial charge in [0.05, 0.1) is 12.3 Å². The van der Waals surface area contributed by atoms with E-state index in [2.05, 4.69) is 35.6 Å². The Labute approximate surface area is 148 Å². The maximum absolute atomic E-state index is 9.95. The lowest BCUT2D eigenvalue weighted by Crippen LogP contribution is -2.30. The Hall–Kier alpha value is -2.11. The van der Waals surface area contributed by atoms with Crippen molar-refractivity contribution < 1.29 is 14.7 Å². The normalized spacial score (nSPS) is 17.0. The molecule has 1 aliphatic heterocycles. The van der Waals surface area contributed by atoms with Gasteiger partial charge < -0.3 is 20.0 Å². The summed E-state index contributed by atoms with van der Waals surface area (Å²) in [6.07, 6.45) is 2.17. The summed E-state index contributed by atoms with van der Waals surface area (Å²) in [5, 5.41) is 19.7. The van der Waals surface area contributed by atoms with E-state index < -0.39 is 6.10 Å². The van der Waals surface area contributed by atoms with E-state index in [1.807, 2.05) is 18.2 Å². The van der Waals surface area contributed by atoms with E-state index in [1.165, 1.54) is 0 Å². The number of hydrogen-bond donors (Lipinski definition) is 2. The minimum Gasteiger partial charge on any atom is -0.493 e. The summed E-state index contributed by atoms with van der Waals surface area (Å²) in [7, 11) is 0. The first-order valence-corrected chi connectivity index (χ1v) is 9.02. The second-order valence-corrected chi connectivity index (χ2v) is 6.30. The zero-order valence-electron chi connectivity index (χ0n) is 14.7. The third kappa shape index (κ3) is 4.50. The van der Waals surface area contributed by atoms with Crippen LogP contribution in [0.1, 0.15) is 31.7 Å². The van der Waals surface area contributed by atoms with Gasteiger partial charge in [-0.1, -0.05) is 42.4 Å². The van der Waals surface area contributed by atoms with Crippen molar-refractivity contribution in [3.63, 3.8) is 0 Å². The second kappa shape index (κ2) is 8.83. The van der Waals surface area contributed by atoms with Gasteiger partial charge in [-0.2, -0.15) is 0 Å². The van der Waals surface area contributed by atoms with Gasteiger partial charge in [0.1, 0.15) is 18.5 Å². The number of nitrogens with one attached hydrogen (secondary N) is 1. The molecule has 0 saturated carbocycles. The first kappa shape index (κ1) is 17.7. The molecule has 2 N–H and O–H groups in total. The molecular weight excluding hydrogens is 316 g/mol. The number of oxime groups is 1. The molecular formula is C20H26N2O3. The molecule has 5 heteroatoms. The largest absolute Gasteiger partial charge is 0.493 e. The van der Waals surface area contributed by atoms with E-state index >= 15 is 0 Å². The predicted molar refractivity (Wildman–Crippen MR) is 100 cm³/mol. The first-order chi connectivity index (χ1) is 12.3. The average molecular weight is 342 g/mol. The number of nitrogens with zero attached hydrogens (tertiary/aromatic N) is 1. The SMILES string of the molecule is CCCNCC(O)CO/N=C1\CCCOc2ccc3ccccc3c21. The zero-order valence-corrected chi connectivity index (χ0v) is 14.7. The van der Waals surface area contributed by atoms with Gasteiger partial charge in [0.15, 0.2) is 0 Å². The van der Waals surface area contributed by atoms with Gasteiger partial charge in [-0.15, -0.1) is 0 Å². The lowest BCUT2D eigenvalue weighted by Gasteiger charge is -2.13. The Morgan fingerprint density at radius 2 is 2.16 bits per heavy atom. The summed E-state index contributed by atoms with van der Waals surface area (Å²) in [5.41, 5.74) is 1.90. The molecule has 1 heterocycles. The monoisotopic (exact) mass is 342 g/mol. The fourth-order valence-corrected chi connectivity index (χ4v) is 3.01. The minimum absolute atomic E-state index is 0.182. The van der Waals surface area contributed by atoms with Crippen molar-refractivity contribution >= 4 is 16.5 Å². The number of aliphatic hydroxyl groups is 1. The van der Waals surface area contributed by atoms with Gasteiger partial charge in [0.25, 0.3) is 0 Å². The molecule has 0 bridgehead atoms. The van der Waals surface area contributed by atoms with Crippen LogP contribution in [0.4, 0.5) is 0 Å². The van der Waals surface area contributed by atoms with Crippen molar-refractivity contribution in [2.45, 2.75) is 32.3 Å². The molecule has 3 rings (SSSR count). The molecule has 2 aromatic rings. The minimum atomic E-state index is -0.565. The lowest BCUT2D eigenvalue weighted by atomic mass is 9.98. The number of ether oxygens (including phenoxy) is 1. The Balaban J connectivity index is 1.77. The van der Waals surface area contributed by atoms with Crippen LogP contribution in [-0.4, -0.2) is 43.2 Å². The Bertz CT molecular complexity index is 730. The van der Waals surface area contributed by atoms with Crippen LogP contribution >= 0.6 is 0 Å². The second-order valence-electron chi connectivity index (χ2n) is 6.30. The Morgan fingerprint density at radius 3 is 3.04 bits per heavy atom. The van der Waals surface area contributed by atoms with Crippen LogP contribution < -0.4 is 10.1 Å². The van der Waals surface area contributed by atoms with Crippen molar-refractivity contribution in [1.82, 2.24) is 5.32 Å². The van der Waals surface area contributed by atoms with Gasteiger partial charge in [-0.05, 0) is 42.6 Å². The molecule has 2 aromatic carbocycles. The molecule has 1 atom stereocenters. The maximum atomic E-state index is 9.95. The molecule has 0 fully saturated rings. The van der Waals surface area contributed by atoms with Crippen molar-refractivity contribution in [2.75, 3.05) is 26.3 Å². The average Bonchev–Trinajstić information content (AvgIpc) is 2.84. The van der Waals surface area contributed by atoms with E-state index in [1.54, 1.807) is 0 Å². The van der Waals surface area contributed by atoms with Crippen LogP contribution in [0.25, 0.3) is 10.8 Å². The molecule has 134 valence electrons. The van der Waals surface area contributed by atoms with Crippen LogP contribution in [0, 0.1) is 0 Å². The molecule has 0 amide bonds. The van der Waals surface area contributed by atoms with Crippen molar-refractivity contribution in [3.05, 3.63) is 42.0 Å². The van der Waals surface area contributed by atoms with Gasteiger partial charge in [-0.3, -0.25) is 0 Å². The Morgan fingerprint density at radius 1 is 1.28 bits per heavy atom. The van der Waals surface area contributed by atoms with E-state index in [0.717, 1.165) is 53.6 Å². The summed E-state index contributed by atoms with van der Waals surface area (Å²) >= 11 is 0. The highest BCUT2D eigenvalue weighted by molar-refractivity contribution is 6.13. The number of hydrogen-bond acceptors (Lipinski definition) is 5. The number of aliphatic hydroxyl groups excluding tert-OH is 1. The van der Waals surface area contributed by atoms with E-state index in [4.69, 9.17) is 9.57 Å². The quantitative estimate of drug-likeness (QED) is 0.599. The maximum Gasteiger partial charge on any atom is 0.144 e. The summed E-state index contributed by atoms with van der Waals surface area (Å²) in [4.78, 5) is 5.47. The summed E-state index contributed by atoms with van der Waals surface area (Å²) in [6, 6.07) is 12.3. The first-order valence-electron chi connectivity index (χ1n) is 9.02. The molecule has 1 unspecified atom stereocenters. The molecule has 0 aromatic heterocycles. The molecule has 0 spiro atoms. The summed E-state index contributed by atoms with van der Waals surface area (Å²) < 4.78 is 5.88. The zero-order chi connectivity index (χ0) is 17.5. The highest BCUT2D eigenvalue weighted by atomic mass is 16.6. The van der Waals surface area contributed by atoms with Crippen LogP contribution in [0.5, 0.6) is 5.75 Å². The highest BCUT2D eigenvalue weighted by Gasteiger charge is 2.19. The third-order valence-corrected chi connectivity index (χ3v) is 4.24. The van der Waals surface area contributed by atoms with Gasteiger partial charge in [-0.25, -0.2) is 0 Å². The summed E-state index contributed by atoms with van der Waals surface area (Å²) in [5.74, 6) is 0.851. The van der Waals surface area contributed by atoms with Crippen LogP contribution in [0.3, 0.4) is 0 Å². The highest BCUT2D eigenvalue weighted by Crippen LogP contribution is 2.32.